The molecule has 3 aromatic rings. The first-order chi connectivity index (χ1) is 14.5. The van der Waals surface area contributed by atoms with Crippen LogP contribution in [0.25, 0.3) is 11.2 Å². The minimum Gasteiger partial charge on any atom is -0.340 e. The van der Waals surface area contributed by atoms with Crippen molar-refractivity contribution in [2.75, 3.05) is 31.1 Å². The molecule has 1 aliphatic heterocycles. The second-order valence-corrected chi connectivity index (χ2v) is 7.24. The van der Waals surface area contributed by atoms with Crippen molar-refractivity contribution in [2.45, 2.75) is 13.1 Å². The number of ketones is 1. The Morgan fingerprint density at radius 3 is 2.53 bits per heavy atom. The molecule has 9 nitrogen and oxygen atoms in total. The predicted molar refractivity (Wildman–Crippen MR) is 115 cm³/mol. The van der Waals surface area contributed by atoms with Crippen molar-refractivity contribution in [2.24, 2.45) is 7.05 Å². The van der Waals surface area contributed by atoms with Gasteiger partial charge in [-0.15, -0.1) is 6.58 Å². The first-order valence-corrected chi connectivity index (χ1v) is 9.87. The van der Waals surface area contributed by atoms with Crippen molar-refractivity contribution in [1.29, 1.82) is 0 Å². The summed E-state index contributed by atoms with van der Waals surface area (Å²) in [6.07, 6.45) is 1.69. The third kappa shape index (κ3) is 3.37. The van der Waals surface area contributed by atoms with E-state index in [0.29, 0.717) is 29.2 Å². The second kappa shape index (κ2) is 8.11. The Morgan fingerprint density at radius 1 is 1.17 bits per heavy atom. The molecule has 1 aromatic carbocycles. The standard InChI is InChI=1S/C21H24N6O3/c1-3-11-26-17-18(23-20(26)25-12-9-22-10-13-25)24(2)21(30)27(19(17)29)14-16(28)15-7-5-4-6-8-15/h3-8,22H,1,9-14H2,2H3. The molecule has 30 heavy (non-hydrogen) atoms. The van der Waals surface area contributed by atoms with Gasteiger partial charge in [0.1, 0.15) is 0 Å². The smallest absolute Gasteiger partial charge is 0.332 e. The minimum absolute atomic E-state index is 0.298. The minimum atomic E-state index is -0.563. The van der Waals surface area contributed by atoms with Gasteiger partial charge in [-0.1, -0.05) is 36.4 Å². The van der Waals surface area contributed by atoms with Gasteiger partial charge in [-0.05, 0) is 0 Å². The van der Waals surface area contributed by atoms with Gasteiger partial charge in [0.15, 0.2) is 16.9 Å². The van der Waals surface area contributed by atoms with Crippen molar-refractivity contribution < 1.29 is 4.79 Å². The van der Waals surface area contributed by atoms with Crippen molar-refractivity contribution in [3.05, 3.63) is 69.4 Å². The molecule has 0 amide bonds. The summed E-state index contributed by atoms with van der Waals surface area (Å²) in [4.78, 5) is 45.6. The lowest BCUT2D eigenvalue weighted by molar-refractivity contribution is 0.0969. The average molecular weight is 408 g/mol. The van der Waals surface area contributed by atoms with Crippen LogP contribution in [0.4, 0.5) is 5.95 Å². The lowest BCUT2D eigenvalue weighted by Crippen LogP contribution is -2.44. The van der Waals surface area contributed by atoms with Gasteiger partial charge in [0, 0.05) is 45.3 Å². The number of anilines is 1. The molecule has 4 rings (SSSR count). The van der Waals surface area contributed by atoms with E-state index in [0.717, 1.165) is 30.7 Å². The summed E-state index contributed by atoms with van der Waals surface area (Å²) in [5.74, 6) is 0.330. The number of benzene rings is 1. The van der Waals surface area contributed by atoms with E-state index in [9.17, 15) is 14.4 Å². The fraction of sp³-hybridized carbons (Fsp3) is 0.333. The van der Waals surface area contributed by atoms with Crippen LogP contribution in [0.1, 0.15) is 10.4 Å². The third-order valence-electron chi connectivity index (χ3n) is 5.32. The van der Waals surface area contributed by atoms with Crippen LogP contribution >= 0.6 is 0 Å². The second-order valence-electron chi connectivity index (χ2n) is 7.24. The molecule has 1 N–H and O–H groups in total. The number of nitrogens with zero attached hydrogens (tertiary/aromatic N) is 5. The van der Waals surface area contributed by atoms with E-state index in [1.165, 1.54) is 4.57 Å². The van der Waals surface area contributed by atoms with Crippen LogP contribution in [-0.4, -0.2) is 50.6 Å². The summed E-state index contributed by atoms with van der Waals surface area (Å²) >= 11 is 0. The van der Waals surface area contributed by atoms with E-state index in [2.05, 4.69) is 21.8 Å². The van der Waals surface area contributed by atoms with E-state index < -0.39 is 11.2 Å². The lowest BCUT2D eigenvalue weighted by atomic mass is 10.1. The summed E-state index contributed by atoms with van der Waals surface area (Å²) < 4.78 is 4.10. The first kappa shape index (κ1) is 19.8. The van der Waals surface area contributed by atoms with Crippen LogP contribution in [0.3, 0.4) is 0 Å². The normalized spacial score (nSPS) is 14.2. The highest BCUT2D eigenvalue weighted by Crippen LogP contribution is 2.20. The van der Waals surface area contributed by atoms with Crippen LogP contribution < -0.4 is 21.5 Å². The molecule has 1 saturated heterocycles. The number of hydrogen-bond donors (Lipinski definition) is 1. The zero-order valence-corrected chi connectivity index (χ0v) is 16.9. The summed E-state index contributed by atoms with van der Waals surface area (Å²) in [6, 6.07) is 8.63. The maximum atomic E-state index is 13.3. The number of aromatic nitrogens is 4. The van der Waals surface area contributed by atoms with E-state index in [4.69, 9.17) is 0 Å². The van der Waals surface area contributed by atoms with E-state index >= 15 is 0 Å². The van der Waals surface area contributed by atoms with Gasteiger partial charge in [-0.2, -0.15) is 4.98 Å². The molecular formula is C21H24N6O3. The van der Waals surface area contributed by atoms with Crippen LogP contribution in [0, 0.1) is 0 Å². The van der Waals surface area contributed by atoms with Crippen molar-refractivity contribution >= 4 is 22.9 Å². The molecule has 9 heteroatoms. The SMILES string of the molecule is C=CCn1c(N2CCNCC2)nc2c1c(=O)n(CC(=O)c1ccccc1)c(=O)n2C. The van der Waals surface area contributed by atoms with Crippen LogP contribution in [0.5, 0.6) is 0 Å². The summed E-state index contributed by atoms with van der Waals surface area (Å²) in [6.45, 7) is 6.96. The fourth-order valence-corrected chi connectivity index (χ4v) is 3.77. The highest BCUT2D eigenvalue weighted by atomic mass is 16.2. The largest absolute Gasteiger partial charge is 0.340 e. The Balaban J connectivity index is 1.88. The number of nitrogens with one attached hydrogen (secondary N) is 1. The van der Waals surface area contributed by atoms with Crippen molar-refractivity contribution in [3.8, 4) is 0 Å². The number of piperazine rings is 1. The van der Waals surface area contributed by atoms with E-state index in [-0.39, 0.29) is 12.3 Å². The quantitative estimate of drug-likeness (QED) is 0.468. The number of allylic oxidation sites excluding steroid dienone is 1. The van der Waals surface area contributed by atoms with Gasteiger partial charge < -0.3 is 14.8 Å². The molecule has 156 valence electrons. The van der Waals surface area contributed by atoms with Crippen LogP contribution in [0.2, 0.25) is 0 Å². The molecule has 0 bridgehead atoms. The van der Waals surface area contributed by atoms with Crippen LogP contribution in [0.15, 0.2) is 52.6 Å². The number of rotatable bonds is 6. The molecule has 3 heterocycles. The number of aryl methyl sites for hydroxylation is 1. The van der Waals surface area contributed by atoms with Crippen molar-refractivity contribution in [3.63, 3.8) is 0 Å². The Kier molecular flexibility index (Phi) is 5.37. The lowest BCUT2D eigenvalue weighted by Gasteiger charge is -2.28. The zero-order chi connectivity index (χ0) is 21.3. The number of hydrogen-bond acceptors (Lipinski definition) is 6. The molecule has 1 fully saturated rings. The summed E-state index contributed by atoms with van der Waals surface area (Å²) in [7, 11) is 1.57. The Morgan fingerprint density at radius 2 is 1.87 bits per heavy atom. The van der Waals surface area contributed by atoms with E-state index in [1.807, 2.05) is 0 Å². The Labute approximate surface area is 172 Å². The van der Waals surface area contributed by atoms with Gasteiger partial charge in [-0.25, -0.2) is 4.79 Å². The predicted octanol–water partition coefficient (Wildman–Crippen LogP) is 0.375. The number of carbonyl (C=O) groups excluding carboxylic acids is 1. The molecular weight excluding hydrogens is 384 g/mol. The number of imidazole rings is 1. The summed E-state index contributed by atoms with van der Waals surface area (Å²) in [5.41, 5.74) is -0.0251. The molecule has 0 spiro atoms. The Bertz CT molecular complexity index is 1220. The highest BCUT2D eigenvalue weighted by molar-refractivity contribution is 5.95. The van der Waals surface area contributed by atoms with Gasteiger partial charge in [0.05, 0.1) is 6.54 Å². The molecule has 0 radical (unpaired) electrons. The first-order valence-electron chi connectivity index (χ1n) is 9.87. The summed E-state index contributed by atoms with van der Waals surface area (Å²) in [5, 5.41) is 3.29. The van der Waals surface area contributed by atoms with Crippen LogP contribution in [-0.2, 0) is 20.1 Å². The molecule has 0 aliphatic carbocycles. The highest BCUT2D eigenvalue weighted by Gasteiger charge is 2.24. The van der Waals surface area contributed by atoms with Crippen molar-refractivity contribution in [1.82, 2.24) is 24.0 Å². The molecule has 1 aliphatic rings. The number of Topliss-reactive ketones (excluding diaryl/α,β-unsaturated/α-hetero) is 1. The van der Waals surface area contributed by atoms with Gasteiger partial charge in [-0.3, -0.25) is 18.7 Å². The van der Waals surface area contributed by atoms with Gasteiger partial charge >= 0.3 is 5.69 Å². The number of carbonyl (C=O) groups is 1. The van der Waals surface area contributed by atoms with Gasteiger partial charge in [0.25, 0.3) is 5.56 Å². The Hall–Kier alpha value is -3.46. The molecule has 0 unspecified atom stereocenters. The third-order valence-corrected chi connectivity index (χ3v) is 5.32. The maximum Gasteiger partial charge on any atom is 0.332 e. The van der Waals surface area contributed by atoms with Gasteiger partial charge in [0.2, 0.25) is 5.95 Å². The van der Waals surface area contributed by atoms with E-state index in [1.54, 1.807) is 48.0 Å². The molecule has 2 aromatic heterocycles. The zero-order valence-electron chi connectivity index (χ0n) is 16.9. The topological polar surface area (TPSA) is 94.2 Å². The molecule has 0 saturated carbocycles. The fourth-order valence-electron chi connectivity index (χ4n) is 3.77. The number of fused-ring (bicyclic) bond motifs is 1. The molecule has 0 atom stereocenters. The maximum absolute atomic E-state index is 13.3. The monoisotopic (exact) mass is 408 g/mol. The average Bonchev–Trinajstić information content (AvgIpc) is 3.16.